The Morgan fingerprint density at radius 2 is 1.83 bits per heavy atom. The van der Waals surface area contributed by atoms with Gasteiger partial charge in [-0.1, -0.05) is 6.08 Å². The molecular formula is C9H8Br2O. The third-order valence-corrected chi connectivity index (χ3v) is 2.67. The molecule has 64 valence electrons. The van der Waals surface area contributed by atoms with Crippen molar-refractivity contribution in [3.63, 3.8) is 0 Å². The van der Waals surface area contributed by atoms with Gasteiger partial charge in [-0.3, -0.25) is 0 Å². The highest BCUT2D eigenvalue weighted by Crippen LogP contribution is 2.33. The van der Waals surface area contributed by atoms with Gasteiger partial charge < -0.3 is 5.11 Å². The van der Waals surface area contributed by atoms with Crippen molar-refractivity contribution in [1.82, 2.24) is 0 Å². The number of hydrogen-bond donors (Lipinski definition) is 1. The highest BCUT2D eigenvalue weighted by Gasteiger charge is 2.04. The van der Waals surface area contributed by atoms with Gasteiger partial charge in [0.1, 0.15) is 5.75 Å². The Kier molecular flexibility index (Phi) is 3.35. The minimum Gasteiger partial charge on any atom is -0.506 e. The van der Waals surface area contributed by atoms with Crippen LogP contribution >= 0.6 is 31.9 Å². The summed E-state index contributed by atoms with van der Waals surface area (Å²) in [6.45, 7) is 3.64. The Labute approximate surface area is 88.4 Å². The van der Waals surface area contributed by atoms with Gasteiger partial charge in [0.2, 0.25) is 0 Å². The maximum absolute atomic E-state index is 9.38. The second kappa shape index (κ2) is 4.10. The lowest BCUT2D eigenvalue weighted by atomic mass is 10.1. The van der Waals surface area contributed by atoms with Crippen LogP contribution in [0.25, 0.3) is 0 Å². The summed E-state index contributed by atoms with van der Waals surface area (Å²) in [7, 11) is 0. The molecule has 0 radical (unpaired) electrons. The van der Waals surface area contributed by atoms with Crippen LogP contribution in [0, 0.1) is 0 Å². The summed E-state index contributed by atoms with van der Waals surface area (Å²) in [5.41, 5.74) is 1.11. The van der Waals surface area contributed by atoms with E-state index in [0.29, 0.717) is 8.95 Å². The molecule has 0 spiro atoms. The first-order valence-electron chi connectivity index (χ1n) is 3.43. The molecule has 0 unspecified atom stereocenters. The van der Waals surface area contributed by atoms with Crippen molar-refractivity contribution >= 4 is 31.9 Å². The van der Waals surface area contributed by atoms with Gasteiger partial charge in [0, 0.05) is 0 Å². The van der Waals surface area contributed by atoms with Crippen molar-refractivity contribution in [1.29, 1.82) is 0 Å². The first-order chi connectivity index (χ1) is 5.65. The van der Waals surface area contributed by atoms with Crippen molar-refractivity contribution in [2.45, 2.75) is 6.42 Å². The predicted octanol–water partition coefficient (Wildman–Crippen LogP) is 3.65. The summed E-state index contributed by atoms with van der Waals surface area (Å²) in [5, 5.41) is 9.38. The number of phenols is 1. The SMILES string of the molecule is C=CCc1cc(Br)c(O)c(Br)c1. The highest BCUT2D eigenvalue weighted by atomic mass is 79.9. The van der Waals surface area contributed by atoms with E-state index in [1.54, 1.807) is 0 Å². The first-order valence-corrected chi connectivity index (χ1v) is 5.01. The Hall–Kier alpha value is -0.280. The summed E-state index contributed by atoms with van der Waals surface area (Å²) in [6.07, 6.45) is 2.63. The number of hydrogen-bond acceptors (Lipinski definition) is 1. The lowest BCUT2D eigenvalue weighted by molar-refractivity contribution is 0.468. The second-order valence-electron chi connectivity index (χ2n) is 2.40. The molecule has 1 N–H and O–H groups in total. The van der Waals surface area contributed by atoms with E-state index in [-0.39, 0.29) is 5.75 Å². The van der Waals surface area contributed by atoms with Gasteiger partial charge in [-0.05, 0) is 56.0 Å². The molecular weight excluding hydrogens is 284 g/mol. The van der Waals surface area contributed by atoms with Crippen LogP contribution in [-0.2, 0) is 6.42 Å². The van der Waals surface area contributed by atoms with E-state index in [4.69, 9.17) is 0 Å². The van der Waals surface area contributed by atoms with E-state index in [2.05, 4.69) is 38.4 Å². The Balaban J connectivity index is 3.11. The fourth-order valence-corrected chi connectivity index (χ4v) is 2.18. The summed E-state index contributed by atoms with van der Waals surface area (Å²) >= 11 is 6.51. The monoisotopic (exact) mass is 290 g/mol. The fraction of sp³-hybridized carbons (Fsp3) is 0.111. The molecule has 0 bridgehead atoms. The predicted molar refractivity (Wildman–Crippen MR) is 57.4 cm³/mol. The zero-order valence-electron chi connectivity index (χ0n) is 6.35. The van der Waals surface area contributed by atoms with Crippen molar-refractivity contribution in [3.8, 4) is 5.75 Å². The second-order valence-corrected chi connectivity index (χ2v) is 4.11. The third-order valence-electron chi connectivity index (χ3n) is 1.46. The van der Waals surface area contributed by atoms with Gasteiger partial charge in [0.15, 0.2) is 0 Å². The van der Waals surface area contributed by atoms with Gasteiger partial charge in [-0.2, -0.15) is 0 Å². The molecule has 0 atom stereocenters. The fourth-order valence-electron chi connectivity index (χ4n) is 0.903. The summed E-state index contributed by atoms with van der Waals surface area (Å²) in [6, 6.07) is 3.75. The lowest BCUT2D eigenvalue weighted by Crippen LogP contribution is -1.82. The number of halogens is 2. The van der Waals surface area contributed by atoms with Gasteiger partial charge >= 0.3 is 0 Å². The maximum Gasteiger partial charge on any atom is 0.143 e. The average molecular weight is 292 g/mol. The first kappa shape index (κ1) is 9.81. The van der Waals surface area contributed by atoms with E-state index < -0.39 is 0 Å². The summed E-state index contributed by atoms with van der Waals surface area (Å²) in [5.74, 6) is 0.239. The van der Waals surface area contributed by atoms with Gasteiger partial charge in [0.05, 0.1) is 8.95 Å². The maximum atomic E-state index is 9.38. The van der Waals surface area contributed by atoms with Crippen LogP contribution in [0.15, 0.2) is 33.7 Å². The molecule has 0 aliphatic heterocycles. The van der Waals surface area contributed by atoms with Crippen LogP contribution in [0.1, 0.15) is 5.56 Å². The normalized spacial score (nSPS) is 9.83. The van der Waals surface area contributed by atoms with Crippen molar-refractivity contribution in [3.05, 3.63) is 39.3 Å². The molecule has 0 saturated carbocycles. The molecule has 1 aromatic rings. The number of allylic oxidation sites excluding steroid dienone is 1. The van der Waals surface area contributed by atoms with Crippen LogP contribution < -0.4 is 0 Å². The molecule has 3 heteroatoms. The summed E-state index contributed by atoms with van der Waals surface area (Å²) < 4.78 is 1.41. The summed E-state index contributed by atoms with van der Waals surface area (Å²) in [4.78, 5) is 0. The van der Waals surface area contributed by atoms with Crippen molar-refractivity contribution in [2.24, 2.45) is 0 Å². The Morgan fingerprint density at radius 3 is 2.25 bits per heavy atom. The highest BCUT2D eigenvalue weighted by molar-refractivity contribution is 9.11. The van der Waals surface area contributed by atoms with Crippen LogP contribution in [-0.4, -0.2) is 5.11 Å². The van der Waals surface area contributed by atoms with E-state index in [9.17, 15) is 5.11 Å². The van der Waals surface area contributed by atoms with E-state index >= 15 is 0 Å². The molecule has 12 heavy (non-hydrogen) atoms. The van der Waals surface area contributed by atoms with Crippen LogP contribution in [0.5, 0.6) is 5.75 Å². The number of aromatic hydroxyl groups is 1. The zero-order chi connectivity index (χ0) is 9.14. The zero-order valence-corrected chi connectivity index (χ0v) is 9.52. The largest absolute Gasteiger partial charge is 0.506 e. The van der Waals surface area contributed by atoms with Crippen LogP contribution in [0.2, 0.25) is 0 Å². The smallest absolute Gasteiger partial charge is 0.143 e. The standard InChI is InChI=1S/C9H8Br2O/c1-2-3-6-4-7(10)9(12)8(11)5-6/h2,4-5,12H,1,3H2. The number of benzene rings is 1. The Bertz CT molecular complexity index is 284. The van der Waals surface area contributed by atoms with Crippen molar-refractivity contribution < 1.29 is 5.11 Å². The van der Waals surface area contributed by atoms with Crippen LogP contribution in [0.4, 0.5) is 0 Å². The van der Waals surface area contributed by atoms with E-state index in [1.165, 1.54) is 0 Å². The molecule has 1 rings (SSSR count). The lowest BCUT2D eigenvalue weighted by Gasteiger charge is -2.03. The van der Waals surface area contributed by atoms with Gasteiger partial charge in [-0.25, -0.2) is 0 Å². The molecule has 0 saturated heterocycles. The molecule has 1 nitrogen and oxygen atoms in total. The Morgan fingerprint density at radius 1 is 1.33 bits per heavy atom. The van der Waals surface area contributed by atoms with Crippen LogP contribution in [0.3, 0.4) is 0 Å². The third kappa shape index (κ3) is 2.11. The minimum atomic E-state index is 0.239. The molecule has 0 aliphatic carbocycles. The number of rotatable bonds is 2. The molecule has 0 heterocycles. The van der Waals surface area contributed by atoms with Crippen molar-refractivity contribution in [2.75, 3.05) is 0 Å². The molecule has 1 aromatic carbocycles. The topological polar surface area (TPSA) is 20.2 Å². The molecule has 0 amide bonds. The van der Waals surface area contributed by atoms with E-state index in [0.717, 1.165) is 12.0 Å². The quantitative estimate of drug-likeness (QED) is 0.825. The number of phenolic OH excluding ortho intramolecular Hbond substituents is 1. The average Bonchev–Trinajstić information content (AvgIpc) is 2.01. The molecule has 0 aromatic heterocycles. The minimum absolute atomic E-state index is 0.239. The molecule has 0 aliphatic rings. The molecule has 0 fully saturated rings. The van der Waals surface area contributed by atoms with Gasteiger partial charge in [0.25, 0.3) is 0 Å². The van der Waals surface area contributed by atoms with E-state index in [1.807, 2.05) is 18.2 Å². The van der Waals surface area contributed by atoms with Gasteiger partial charge in [-0.15, -0.1) is 6.58 Å².